The zero-order chi connectivity index (χ0) is 21.6. The van der Waals surface area contributed by atoms with Crippen molar-refractivity contribution in [3.8, 4) is 0 Å². The molecule has 158 valence electrons. The van der Waals surface area contributed by atoms with Crippen molar-refractivity contribution in [1.82, 2.24) is 9.21 Å². The number of methoxy groups -OCH3 is 1. The number of piperazine rings is 1. The van der Waals surface area contributed by atoms with Crippen LogP contribution in [0.4, 0.5) is 0 Å². The fourth-order valence-electron chi connectivity index (χ4n) is 3.18. The van der Waals surface area contributed by atoms with Crippen LogP contribution in [0.15, 0.2) is 60.7 Å². The third-order valence-corrected chi connectivity index (χ3v) is 6.74. The first-order chi connectivity index (χ1) is 14.4. The fourth-order valence-corrected chi connectivity index (χ4v) is 4.70. The van der Waals surface area contributed by atoms with E-state index in [2.05, 4.69) is 4.74 Å². The van der Waals surface area contributed by atoms with Crippen LogP contribution in [0.3, 0.4) is 0 Å². The number of sulfonamides is 1. The summed E-state index contributed by atoms with van der Waals surface area (Å²) in [5.41, 5.74) is 1.96. The van der Waals surface area contributed by atoms with Crippen LogP contribution in [0.25, 0.3) is 6.08 Å². The highest BCUT2D eigenvalue weighted by Crippen LogP contribution is 2.14. The van der Waals surface area contributed by atoms with Crippen LogP contribution < -0.4 is 0 Å². The van der Waals surface area contributed by atoms with E-state index in [4.69, 9.17) is 0 Å². The molecule has 0 bridgehead atoms. The fraction of sp³-hybridized carbons (Fsp3) is 0.273. The van der Waals surface area contributed by atoms with Gasteiger partial charge in [-0.15, -0.1) is 0 Å². The number of carbonyl (C=O) groups excluding carboxylic acids is 2. The molecule has 2 aromatic rings. The van der Waals surface area contributed by atoms with Gasteiger partial charge in [0.1, 0.15) is 0 Å². The normalized spacial score (nSPS) is 15.3. The van der Waals surface area contributed by atoms with Crippen molar-refractivity contribution in [2.24, 2.45) is 0 Å². The molecule has 1 aliphatic heterocycles. The van der Waals surface area contributed by atoms with Crippen LogP contribution in [0.5, 0.6) is 0 Å². The first kappa shape index (κ1) is 21.7. The van der Waals surface area contributed by atoms with E-state index in [9.17, 15) is 18.0 Å². The minimum absolute atomic E-state index is 0.0384. The standard InChI is InChI=1S/C22H24N2O5S/c1-29-22(26)20-10-7-18(8-11-20)9-12-21(25)23-13-15-24(16-14-23)30(27,28)17-19-5-3-2-4-6-19/h2-12H,13-17H2,1H3. The van der Waals surface area contributed by atoms with Gasteiger partial charge < -0.3 is 9.64 Å². The molecule has 0 spiro atoms. The average Bonchev–Trinajstić information content (AvgIpc) is 2.77. The Kier molecular flexibility index (Phi) is 7.02. The highest BCUT2D eigenvalue weighted by atomic mass is 32.2. The van der Waals surface area contributed by atoms with Gasteiger partial charge in [-0.2, -0.15) is 4.31 Å². The van der Waals surface area contributed by atoms with E-state index >= 15 is 0 Å². The maximum atomic E-state index is 12.6. The number of rotatable bonds is 6. The van der Waals surface area contributed by atoms with Crippen LogP contribution in [0, 0.1) is 0 Å². The van der Waals surface area contributed by atoms with E-state index in [0.29, 0.717) is 18.7 Å². The second kappa shape index (κ2) is 9.69. The van der Waals surface area contributed by atoms with Crippen LogP contribution in [0.2, 0.25) is 0 Å². The van der Waals surface area contributed by atoms with E-state index in [0.717, 1.165) is 11.1 Å². The largest absolute Gasteiger partial charge is 0.465 e. The Morgan fingerprint density at radius 3 is 2.20 bits per heavy atom. The SMILES string of the molecule is COC(=O)c1ccc(C=CC(=O)N2CCN(S(=O)(=O)Cc3ccccc3)CC2)cc1. The van der Waals surface area contributed by atoms with Gasteiger partial charge in [-0.1, -0.05) is 42.5 Å². The Labute approximate surface area is 176 Å². The van der Waals surface area contributed by atoms with E-state index in [1.54, 1.807) is 47.4 Å². The molecule has 3 rings (SSSR count). The topological polar surface area (TPSA) is 84.0 Å². The summed E-state index contributed by atoms with van der Waals surface area (Å²) in [4.78, 5) is 25.5. The molecule has 1 heterocycles. The predicted octanol–water partition coefficient (Wildman–Crippen LogP) is 2.16. The first-order valence-electron chi connectivity index (χ1n) is 9.56. The number of nitrogens with zero attached hydrogens (tertiary/aromatic N) is 2. The van der Waals surface area contributed by atoms with Crippen LogP contribution in [-0.4, -0.2) is 62.8 Å². The molecule has 0 aromatic heterocycles. The Hall–Kier alpha value is -2.97. The first-order valence-corrected chi connectivity index (χ1v) is 11.2. The summed E-state index contributed by atoms with van der Waals surface area (Å²) < 4.78 is 31.3. The lowest BCUT2D eigenvalue weighted by atomic mass is 10.1. The number of esters is 1. The van der Waals surface area contributed by atoms with Crippen molar-refractivity contribution in [1.29, 1.82) is 0 Å². The summed E-state index contributed by atoms with van der Waals surface area (Å²) in [6.45, 7) is 1.25. The molecular weight excluding hydrogens is 404 g/mol. The lowest BCUT2D eigenvalue weighted by Gasteiger charge is -2.33. The van der Waals surface area contributed by atoms with Gasteiger partial charge in [0.25, 0.3) is 0 Å². The second-order valence-corrected chi connectivity index (χ2v) is 8.88. The molecule has 1 aliphatic rings. The van der Waals surface area contributed by atoms with Gasteiger partial charge in [0.15, 0.2) is 0 Å². The van der Waals surface area contributed by atoms with Gasteiger partial charge in [0, 0.05) is 32.3 Å². The number of hydrogen-bond acceptors (Lipinski definition) is 5. The summed E-state index contributed by atoms with van der Waals surface area (Å²) in [5, 5.41) is 0. The molecule has 1 amide bonds. The van der Waals surface area contributed by atoms with Crippen LogP contribution in [0.1, 0.15) is 21.5 Å². The summed E-state index contributed by atoms with van der Waals surface area (Å²) >= 11 is 0. The van der Waals surface area contributed by atoms with Crippen molar-refractivity contribution in [2.45, 2.75) is 5.75 Å². The molecular formula is C22H24N2O5S. The Bertz CT molecular complexity index is 1010. The Morgan fingerprint density at radius 2 is 1.60 bits per heavy atom. The van der Waals surface area contributed by atoms with E-state index in [1.165, 1.54) is 17.5 Å². The molecule has 0 aliphatic carbocycles. The number of ether oxygens (including phenoxy) is 1. The van der Waals surface area contributed by atoms with Gasteiger partial charge in [-0.3, -0.25) is 4.79 Å². The number of hydrogen-bond donors (Lipinski definition) is 0. The van der Waals surface area contributed by atoms with Gasteiger partial charge in [0.2, 0.25) is 15.9 Å². The quantitative estimate of drug-likeness (QED) is 0.520. The molecule has 1 saturated heterocycles. The molecule has 2 aromatic carbocycles. The predicted molar refractivity (Wildman–Crippen MR) is 114 cm³/mol. The molecule has 7 nitrogen and oxygen atoms in total. The summed E-state index contributed by atoms with van der Waals surface area (Å²) in [7, 11) is -2.09. The minimum atomic E-state index is -3.41. The zero-order valence-electron chi connectivity index (χ0n) is 16.7. The molecule has 8 heteroatoms. The third-order valence-electron chi connectivity index (χ3n) is 4.89. The van der Waals surface area contributed by atoms with Crippen molar-refractivity contribution in [2.75, 3.05) is 33.3 Å². The number of carbonyl (C=O) groups is 2. The van der Waals surface area contributed by atoms with Crippen molar-refractivity contribution >= 4 is 28.0 Å². The maximum Gasteiger partial charge on any atom is 0.337 e. The molecule has 0 atom stereocenters. The number of amides is 1. The lowest BCUT2D eigenvalue weighted by Crippen LogP contribution is -2.50. The molecule has 0 N–H and O–H groups in total. The summed E-state index contributed by atoms with van der Waals surface area (Å²) in [6.07, 6.45) is 3.13. The Morgan fingerprint density at radius 1 is 0.967 bits per heavy atom. The Balaban J connectivity index is 1.53. The maximum absolute atomic E-state index is 12.6. The van der Waals surface area contributed by atoms with Crippen molar-refractivity contribution in [3.05, 3.63) is 77.4 Å². The summed E-state index contributed by atoms with van der Waals surface area (Å²) in [6, 6.07) is 15.8. The number of benzene rings is 2. The molecule has 0 radical (unpaired) electrons. The second-order valence-electron chi connectivity index (χ2n) is 6.91. The minimum Gasteiger partial charge on any atom is -0.465 e. The van der Waals surface area contributed by atoms with Gasteiger partial charge >= 0.3 is 5.97 Å². The highest BCUT2D eigenvalue weighted by molar-refractivity contribution is 7.88. The van der Waals surface area contributed by atoms with Gasteiger partial charge in [-0.05, 0) is 29.3 Å². The van der Waals surface area contributed by atoms with Crippen molar-refractivity contribution < 1.29 is 22.7 Å². The van der Waals surface area contributed by atoms with E-state index in [1.807, 2.05) is 18.2 Å². The van der Waals surface area contributed by atoms with Crippen LogP contribution in [-0.2, 0) is 25.3 Å². The van der Waals surface area contributed by atoms with Gasteiger partial charge in [-0.25, -0.2) is 13.2 Å². The zero-order valence-corrected chi connectivity index (χ0v) is 17.5. The average molecular weight is 429 g/mol. The molecule has 30 heavy (non-hydrogen) atoms. The van der Waals surface area contributed by atoms with Gasteiger partial charge in [0.05, 0.1) is 18.4 Å². The van der Waals surface area contributed by atoms with E-state index < -0.39 is 16.0 Å². The van der Waals surface area contributed by atoms with E-state index in [-0.39, 0.29) is 24.7 Å². The molecule has 0 saturated carbocycles. The summed E-state index contributed by atoms with van der Waals surface area (Å²) in [5.74, 6) is -0.627. The van der Waals surface area contributed by atoms with Crippen LogP contribution >= 0.6 is 0 Å². The smallest absolute Gasteiger partial charge is 0.337 e. The molecule has 0 unspecified atom stereocenters. The third kappa shape index (κ3) is 5.55. The van der Waals surface area contributed by atoms with Crippen molar-refractivity contribution in [3.63, 3.8) is 0 Å². The lowest BCUT2D eigenvalue weighted by molar-refractivity contribution is -0.127. The highest BCUT2D eigenvalue weighted by Gasteiger charge is 2.28. The molecule has 1 fully saturated rings. The monoisotopic (exact) mass is 428 g/mol.